The van der Waals surface area contributed by atoms with Gasteiger partial charge in [-0.25, -0.2) is 4.68 Å². The van der Waals surface area contributed by atoms with Crippen molar-refractivity contribution in [1.82, 2.24) is 20.3 Å². The number of nitrogens with zero attached hydrogens (tertiary/aromatic N) is 3. The van der Waals surface area contributed by atoms with Crippen LogP contribution >= 0.6 is 27.7 Å². The van der Waals surface area contributed by atoms with Crippen molar-refractivity contribution >= 4 is 27.7 Å². The van der Waals surface area contributed by atoms with Gasteiger partial charge in [0.05, 0.1) is 11.7 Å². The minimum atomic E-state index is 0.247. The highest BCUT2D eigenvalue weighted by molar-refractivity contribution is 9.10. The van der Waals surface area contributed by atoms with Gasteiger partial charge in [-0.15, -0.1) is 16.9 Å². The molecule has 0 radical (unpaired) electrons. The Labute approximate surface area is 137 Å². The van der Waals surface area contributed by atoms with Crippen LogP contribution in [0.25, 0.3) is 0 Å². The molecule has 1 aromatic heterocycles. The molecule has 0 aliphatic carbocycles. The lowest BCUT2D eigenvalue weighted by atomic mass is 10.0. The third-order valence-corrected chi connectivity index (χ3v) is 5.74. The molecule has 3 rings (SSSR count). The van der Waals surface area contributed by atoms with Gasteiger partial charge in [-0.1, -0.05) is 30.3 Å². The summed E-state index contributed by atoms with van der Waals surface area (Å²) in [6, 6.07) is 8.93. The summed E-state index contributed by atoms with van der Waals surface area (Å²) in [5.74, 6) is 0. The van der Waals surface area contributed by atoms with E-state index < -0.39 is 0 Å². The Kier molecular flexibility index (Phi) is 4.66. The number of thioether (sulfide) groups is 1. The van der Waals surface area contributed by atoms with Crippen molar-refractivity contribution in [3.63, 3.8) is 0 Å². The lowest BCUT2D eigenvalue weighted by Gasteiger charge is -2.24. The second-order valence-corrected chi connectivity index (χ2v) is 7.32. The van der Waals surface area contributed by atoms with Gasteiger partial charge in [0.15, 0.2) is 4.60 Å². The van der Waals surface area contributed by atoms with Crippen molar-refractivity contribution in [3.05, 3.63) is 40.1 Å². The summed E-state index contributed by atoms with van der Waals surface area (Å²) < 4.78 is 2.72. The Morgan fingerprint density at radius 2 is 2.29 bits per heavy atom. The summed E-state index contributed by atoms with van der Waals surface area (Å²) in [5.41, 5.74) is 2.58. The number of nitrogens with one attached hydrogen (secondary N) is 1. The number of rotatable bonds is 5. The minimum absolute atomic E-state index is 0.247. The zero-order valence-corrected chi connectivity index (χ0v) is 14.6. The quantitative estimate of drug-likeness (QED) is 0.880. The second kappa shape index (κ2) is 6.50. The van der Waals surface area contributed by atoms with Gasteiger partial charge in [0.25, 0.3) is 0 Å². The summed E-state index contributed by atoms with van der Waals surface area (Å²) in [7, 11) is 1.96. The van der Waals surface area contributed by atoms with Gasteiger partial charge in [0.1, 0.15) is 0 Å². The fraction of sp³-hybridized carbons (Fsp3) is 0.467. The molecule has 1 aliphatic heterocycles. The van der Waals surface area contributed by atoms with E-state index in [1.807, 2.05) is 23.5 Å². The van der Waals surface area contributed by atoms with E-state index in [0.717, 1.165) is 29.7 Å². The molecule has 21 heavy (non-hydrogen) atoms. The molecule has 2 heterocycles. The zero-order valence-electron chi connectivity index (χ0n) is 12.2. The molecule has 2 atom stereocenters. The molecule has 0 amide bonds. The van der Waals surface area contributed by atoms with Crippen LogP contribution in [0.15, 0.2) is 33.8 Å². The fourth-order valence-electron chi connectivity index (χ4n) is 2.77. The number of hydrogen-bond donors (Lipinski definition) is 1. The van der Waals surface area contributed by atoms with Crippen molar-refractivity contribution in [1.29, 1.82) is 0 Å². The summed E-state index contributed by atoms with van der Waals surface area (Å²) in [6.45, 7) is 3.19. The van der Waals surface area contributed by atoms with Crippen LogP contribution in [0.4, 0.5) is 0 Å². The minimum Gasteiger partial charge on any atom is -0.308 e. The summed E-state index contributed by atoms with van der Waals surface area (Å²) in [4.78, 5) is 1.40. The van der Waals surface area contributed by atoms with Crippen LogP contribution in [0, 0.1) is 0 Å². The predicted molar refractivity (Wildman–Crippen MR) is 89.5 cm³/mol. The van der Waals surface area contributed by atoms with Gasteiger partial charge in [0.2, 0.25) is 0 Å². The molecule has 2 unspecified atom stereocenters. The maximum Gasteiger partial charge on any atom is 0.153 e. The average molecular weight is 367 g/mol. The molecule has 1 aromatic carbocycles. The number of aryl methyl sites for hydroxylation is 1. The van der Waals surface area contributed by atoms with E-state index in [1.54, 1.807) is 0 Å². The summed E-state index contributed by atoms with van der Waals surface area (Å²) in [6.07, 6.45) is 2.20. The van der Waals surface area contributed by atoms with Crippen molar-refractivity contribution in [2.75, 3.05) is 6.54 Å². The number of fused-ring (bicyclic) bond motifs is 1. The number of halogens is 1. The fourth-order valence-corrected chi connectivity index (χ4v) is 4.75. The van der Waals surface area contributed by atoms with E-state index in [4.69, 9.17) is 0 Å². The highest BCUT2D eigenvalue weighted by Crippen LogP contribution is 2.43. The zero-order chi connectivity index (χ0) is 14.8. The third kappa shape index (κ3) is 3.03. The van der Waals surface area contributed by atoms with Gasteiger partial charge >= 0.3 is 0 Å². The van der Waals surface area contributed by atoms with E-state index in [-0.39, 0.29) is 6.04 Å². The van der Waals surface area contributed by atoms with Crippen LogP contribution in [-0.2, 0) is 13.5 Å². The summed E-state index contributed by atoms with van der Waals surface area (Å²) >= 11 is 5.51. The lowest BCUT2D eigenvalue weighted by molar-refractivity contribution is 0.478. The molecule has 112 valence electrons. The number of hydrogen-bond acceptors (Lipinski definition) is 4. The third-order valence-electron chi connectivity index (χ3n) is 3.78. The molecule has 0 saturated carbocycles. The van der Waals surface area contributed by atoms with Gasteiger partial charge in [-0.3, -0.25) is 0 Å². The van der Waals surface area contributed by atoms with Gasteiger partial charge in [0, 0.05) is 17.2 Å². The van der Waals surface area contributed by atoms with Crippen molar-refractivity contribution in [2.45, 2.75) is 36.0 Å². The first-order valence-electron chi connectivity index (χ1n) is 7.23. The van der Waals surface area contributed by atoms with Crippen LogP contribution in [0.1, 0.15) is 30.6 Å². The largest absolute Gasteiger partial charge is 0.308 e. The molecule has 0 bridgehead atoms. The van der Waals surface area contributed by atoms with Crippen LogP contribution in [0.5, 0.6) is 0 Å². The highest BCUT2D eigenvalue weighted by Gasteiger charge is 2.33. The molecule has 0 spiro atoms. The van der Waals surface area contributed by atoms with Crippen LogP contribution in [-0.4, -0.2) is 26.8 Å². The van der Waals surface area contributed by atoms with E-state index in [0.29, 0.717) is 5.25 Å². The van der Waals surface area contributed by atoms with E-state index in [2.05, 4.69) is 62.7 Å². The van der Waals surface area contributed by atoms with Crippen molar-refractivity contribution < 1.29 is 0 Å². The summed E-state index contributed by atoms with van der Waals surface area (Å²) in [5, 5.41) is 12.4. The van der Waals surface area contributed by atoms with Gasteiger partial charge < -0.3 is 5.32 Å². The molecule has 1 aliphatic rings. The van der Waals surface area contributed by atoms with Gasteiger partial charge in [-0.05, 0) is 46.9 Å². The van der Waals surface area contributed by atoms with Gasteiger partial charge in [-0.2, -0.15) is 0 Å². The Hall–Kier alpha value is -0.850. The predicted octanol–water partition coefficient (Wildman–Crippen LogP) is 3.34. The Morgan fingerprint density at radius 1 is 1.48 bits per heavy atom. The number of aromatic nitrogens is 3. The smallest absolute Gasteiger partial charge is 0.153 e. The standard InChI is InChI=1S/C15H19BrN4S/c1-3-8-17-13(14-15(16)18-19-20(14)2)12-9-10-6-4-5-7-11(10)21-12/h4-7,12-13,17H,3,8-9H2,1-2H3. The van der Waals surface area contributed by atoms with Crippen LogP contribution < -0.4 is 5.32 Å². The first kappa shape index (κ1) is 15.1. The molecular formula is C15H19BrN4S. The first-order chi connectivity index (χ1) is 10.2. The van der Waals surface area contributed by atoms with Crippen molar-refractivity contribution in [2.24, 2.45) is 7.05 Å². The second-order valence-electron chi connectivity index (χ2n) is 5.29. The first-order valence-corrected chi connectivity index (χ1v) is 8.91. The van der Waals surface area contributed by atoms with E-state index >= 15 is 0 Å². The topological polar surface area (TPSA) is 42.7 Å². The Morgan fingerprint density at radius 3 is 2.95 bits per heavy atom. The van der Waals surface area contributed by atoms with Crippen molar-refractivity contribution in [3.8, 4) is 0 Å². The number of benzene rings is 1. The van der Waals surface area contributed by atoms with E-state index in [9.17, 15) is 0 Å². The Balaban J connectivity index is 1.88. The van der Waals surface area contributed by atoms with Crippen LogP contribution in [0.2, 0.25) is 0 Å². The van der Waals surface area contributed by atoms with E-state index in [1.165, 1.54) is 10.5 Å². The van der Waals surface area contributed by atoms with Crippen LogP contribution in [0.3, 0.4) is 0 Å². The monoisotopic (exact) mass is 366 g/mol. The molecular weight excluding hydrogens is 348 g/mol. The molecule has 2 aromatic rings. The normalized spacial score (nSPS) is 18.7. The maximum absolute atomic E-state index is 4.15. The Bertz CT molecular complexity index is 583. The molecule has 4 nitrogen and oxygen atoms in total. The average Bonchev–Trinajstić information content (AvgIpc) is 3.05. The maximum atomic E-state index is 4.15. The SMILES string of the molecule is CCCNC(c1c(Br)nnn1C)C1Cc2ccccc2S1. The molecule has 0 fully saturated rings. The lowest BCUT2D eigenvalue weighted by Crippen LogP contribution is -2.32. The molecule has 0 saturated heterocycles. The molecule has 6 heteroatoms. The highest BCUT2D eigenvalue weighted by atomic mass is 79.9. The molecule has 1 N–H and O–H groups in total.